The first kappa shape index (κ1) is 51.0. The van der Waals surface area contributed by atoms with Crippen LogP contribution in [0.15, 0.2) is 72.8 Å². The zero-order valence-corrected chi connectivity index (χ0v) is 44.1. The third-order valence-electron chi connectivity index (χ3n) is 13.3. The molecule has 2 aliphatic heterocycles. The van der Waals surface area contributed by atoms with Crippen molar-refractivity contribution in [3.63, 3.8) is 0 Å². The Bertz CT molecular complexity index is 3620. The van der Waals surface area contributed by atoms with Gasteiger partial charge < -0.3 is 29.9 Å². The second-order valence-electron chi connectivity index (χ2n) is 19.9. The topological polar surface area (TPSA) is 162 Å². The van der Waals surface area contributed by atoms with Crippen LogP contribution in [0.2, 0.25) is 0 Å². The van der Waals surface area contributed by atoms with Gasteiger partial charge in [0.2, 0.25) is 11.4 Å². The molecule has 0 atom stereocenters. The maximum atomic E-state index is 11.3. The van der Waals surface area contributed by atoms with Crippen LogP contribution in [0.3, 0.4) is 0 Å². The smallest absolute Gasteiger partial charge is 0.371 e. The van der Waals surface area contributed by atoms with E-state index in [-0.39, 0.29) is 109 Å². The molecule has 8 bridgehead atoms. The maximum Gasteiger partial charge on any atom is 2.00 e. The molecule has 73 heavy (non-hydrogen) atoms. The molecule has 0 aliphatic carbocycles. The van der Waals surface area contributed by atoms with Crippen molar-refractivity contribution in [1.82, 2.24) is 39.9 Å². The molecule has 12 nitrogen and oxygen atoms in total. The SMILES string of the molecule is [C-]#[N+]C1=C(c2cc(C)ccc2C(C)C)c2nc1nc1[n-]c(nc3nc(nc4[n-]c(n2)c(C#N)c4-c2cc(C)ccc2C(C)C)C(C#N)=C3c2cc(C)ccc2C(C)C)c([N+]#[C-])c1-c1cc(C)ccc1C(C)C.[Fe+2]. The molecule has 0 amide bonds. The van der Waals surface area contributed by atoms with Gasteiger partial charge in [0.1, 0.15) is 18.0 Å². The van der Waals surface area contributed by atoms with Crippen molar-refractivity contribution < 1.29 is 17.1 Å². The zero-order valence-electron chi connectivity index (χ0n) is 43.0. The van der Waals surface area contributed by atoms with Crippen LogP contribution >= 0.6 is 0 Å². The summed E-state index contributed by atoms with van der Waals surface area (Å²) in [5, 5.41) is 22.7. The Morgan fingerprint density at radius 2 is 0.849 bits per heavy atom. The molecular formula is C60H52FeN12. The van der Waals surface area contributed by atoms with Crippen LogP contribution in [-0.2, 0) is 17.1 Å². The number of hydrogen-bond acceptors (Lipinski definition) is 8. The number of aromatic nitrogens is 8. The van der Waals surface area contributed by atoms with E-state index in [0.717, 1.165) is 66.8 Å². The predicted octanol–water partition coefficient (Wildman–Crippen LogP) is 14.0. The summed E-state index contributed by atoms with van der Waals surface area (Å²) >= 11 is 0. The van der Waals surface area contributed by atoms with E-state index in [9.17, 15) is 10.5 Å². The van der Waals surface area contributed by atoms with E-state index >= 15 is 0 Å². The van der Waals surface area contributed by atoms with Crippen molar-refractivity contribution in [3.05, 3.63) is 180 Å². The Morgan fingerprint density at radius 1 is 0.452 bits per heavy atom. The van der Waals surface area contributed by atoms with Gasteiger partial charge in [0.05, 0.1) is 41.8 Å². The summed E-state index contributed by atoms with van der Waals surface area (Å²) < 4.78 is 0. The summed E-state index contributed by atoms with van der Waals surface area (Å²) in [5.74, 6) is 0.418. The zero-order chi connectivity index (χ0) is 51.4. The van der Waals surface area contributed by atoms with Gasteiger partial charge in [0.25, 0.3) is 0 Å². The first-order valence-corrected chi connectivity index (χ1v) is 24.1. The third kappa shape index (κ3) is 9.04. The summed E-state index contributed by atoms with van der Waals surface area (Å²) in [7, 11) is 0. The molecule has 13 heteroatoms. The first-order chi connectivity index (χ1) is 34.5. The third-order valence-corrected chi connectivity index (χ3v) is 13.3. The van der Waals surface area contributed by atoms with Gasteiger partial charge in [0, 0.05) is 44.9 Å². The molecule has 0 saturated carbocycles. The molecular weight excluding hydrogens is 945 g/mol. The van der Waals surface area contributed by atoms with E-state index < -0.39 is 0 Å². The van der Waals surface area contributed by atoms with E-state index in [1.54, 1.807) is 0 Å². The molecule has 0 radical (unpaired) electrons. The van der Waals surface area contributed by atoms with Crippen molar-refractivity contribution in [3.8, 4) is 34.4 Å². The standard InChI is InChI=1S/C60H52N12.Fe/c1-29(2)37-19-15-33(9)23-41(37)47-45(27-61)54-66-55(47)65-53-46(28-62)48(42-24-34(10)16-20-38(42)30(3)4)56(67-53)69-59-52(64-14)50(44-26-36(12)18-22-40(44)32(7)8)58(71-59)72-60-51(63-13)49(57(68-54)70-60)43-25-35(11)17-21-39(43)31(5)6;/h15-26,29-32H,1-12H3;/q-2;+2. The van der Waals surface area contributed by atoms with Gasteiger partial charge in [-0.3, -0.25) is 4.98 Å². The van der Waals surface area contributed by atoms with Gasteiger partial charge in [-0.05, 0) is 95.9 Å². The number of benzene rings is 4. The molecule has 5 heterocycles. The average Bonchev–Trinajstić information content (AvgIpc) is 4.07. The summed E-state index contributed by atoms with van der Waals surface area (Å²) in [4.78, 5) is 49.3. The fourth-order valence-electron chi connectivity index (χ4n) is 9.76. The van der Waals surface area contributed by atoms with E-state index in [0.29, 0.717) is 22.3 Å². The molecule has 4 aromatic carbocycles. The number of fused-ring (bicyclic) bond motifs is 8. The fraction of sp³-hybridized carbons (Fsp3) is 0.267. The maximum absolute atomic E-state index is 11.3. The Kier molecular flexibility index (Phi) is 14.0. The van der Waals surface area contributed by atoms with Crippen molar-refractivity contribution in [2.24, 2.45) is 0 Å². The second kappa shape index (κ2) is 20.1. The number of nitrogens with zero attached hydrogens (tertiary/aromatic N) is 12. The van der Waals surface area contributed by atoms with Gasteiger partial charge in [-0.15, -0.1) is 0 Å². The molecule has 9 rings (SSSR count). The summed E-state index contributed by atoms with van der Waals surface area (Å²) in [5.41, 5.74) is 13.1. The molecule has 0 saturated heterocycles. The van der Waals surface area contributed by atoms with Crippen LogP contribution in [0.25, 0.3) is 76.9 Å². The van der Waals surface area contributed by atoms with E-state index in [2.05, 4.69) is 89.4 Å². The largest absolute Gasteiger partial charge is 2.00 e. The van der Waals surface area contributed by atoms with Crippen LogP contribution < -0.4 is 9.97 Å². The minimum atomic E-state index is 0. The van der Waals surface area contributed by atoms with Crippen molar-refractivity contribution >= 4 is 50.7 Å². The van der Waals surface area contributed by atoms with Crippen molar-refractivity contribution in [2.75, 3.05) is 0 Å². The molecule has 0 unspecified atom stereocenters. The Balaban J connectivity index is 0.00000711. The van der Waals surface area contributed by atoms with Gasteiger partial charge in [-0.1, -0.05) is 150 Å². The minimum absolute atomic E-state index is 0. The number of rotatable bonds is 8. The quantitative estimate of drug-likeness (QED) is 0.106. The Hall–Kier alpha value is -8.32. The molecule has 0 fully saturated rings. The van der Waals surface area contributed by atoms with Crippen LogP contribution in [0.1, 0.15) is 164 Å². The second-order valence-corrected chi connectivity index (χ2v) is 19.9. The van der Waals surface area contributed by atoms with Gasteiger partial charge >= 0.3 is 17.1 Å². The normalized spacial score (nSPS) is 12.3. The number of nitriles is 2. The molecule has 0 N–H and O–H groups in total. The fourth-order valence-corrected chi connectivity index (χ4v) is 9.76. The van der Waals surface area contributed by atoms with Crippen LogP contribution in [-0.4, -0.2) is 29.9 Å². The van der Waals surface area contributed by atoms with Gasteiger partial charge in [-0.25, -0.2) is 14.7 Å². The first-order valence-electron chi connectivity index (χ1n) is 24.1. The van der Waals surface area contributed by atoms with E-state index in [1.165, 1.54) is 0 Å². The van der Waals surface area contributed by atoms with Gasteiger partial charge in [-0.2, -0.15) is 10.5 Å². The van der Waals surface area contributed by atoms with Crippen LogP contribution in [0, 0.1) is 63.5 Å². The van der Waals surface area contributed by atoms with E-state index in [4.69, 9.17) is 53.0 Å². The molecule has 7 aromatic rings. The summed E-state index contributed by atoms with van der Waals surface area (Å²) in [6, 6.07) is 29.3. The number of aryl methyl sites for hydroxylation is 4. The van der Waals surface area contributed by atoms with Gasteiger partial charge in [0.15, 0.2) is 0 Å². The number of hydrogen-bond donors (Lipinski definition) is 0. The monoisotopic (exact) mass is 996 g/mol. The van der Waals surface area contributed by atoms with Crippen molar-refractivity contribution in [1.29, 1.82) is 10.5 Å². The predicted molar refractivity (Wildman–Crippen MR) is 284 cm³/mol. The van der Waals surface area contributed by atoms with Crippen molar-refractivity contribution in [2.45, 2.75) is 107 Å². The minimum Gasteiger partial charge on any atom is -0.371 e. The molecule has 2 aliphatic rings. The van der Waals surface area contributed by atoms with Crippen LogP contribution in [0.5, 0.6) is 0 Å². The average molecular weight is 997 g/mol. The molecule has 3 aromatic heterocycles. The van der Waals surface area contributed by atoms with E-state index in [1.807, 2.05) is 88.4 Å². The van der Waals surface area contributed by atoms with Crippen LogP contribution in [0.4, 0.5) is 5.69 Å². The summed E-state index contributed by atoms with van der Waals surface area (Å²) in [6.07, 6.45) is 0. The summed E-state index contributed by atoms with van der Waals surface area (Å²) in [6.45, 7) is 42.3. The number of allylic oxidation sites excluding steroid dienone is 1. The Labute approximate surface area is 437 Å². The Morgan fingerprint density at radius 3 is 1.33 bits per heavy atom. The molecule has 0 spiro atoms. The molecule has 360 valence electrons.